The van der Waals surface area contributed by atoms with E-state index in [9.17, 15) is 9.59 Å². The van der Waals surface area contributed by atoms with Crippen LogP contribution in [0.2, 0.25) is 0 Å². The van der Waals surface area contributed by atoms with Gasteiger partial charge in [0.05, 0.1) is 6.61 Å². The second-order valence-corrected chi connectivity index (χ2v) is 16.0. The van der Waals surface area contributed by atoms with Gasteiger partial charge in [0, 0.05) is 19.4 Å². The van der Waals surface area contributed by atoms with Gasteiger partial charge in [-0.25, -0.2) is 0 Å². The third-order valence-electron chi connectivity index (χ3n) is 10.2. The van der Waals surface area contributed by atoms with Crippen LogP contribution in [-0.4, -0.2) is 37.9 Å². The molecule has 1 atom stereocenters. The molecule has 0 aliphatic heterocycles. The van der Waals surface area contributed by atoms with Crippen LogP contribution in [0.3, 0.4) is 0 Å². The van der Waals surface area contributed by atoms with Crippen LogP contribution in [0, 0.1) is 0 Å². The molecule has 1 unspecified atom stereocenters. The molecular formula is C53H92O5. The van der Waals surface area contributed by atoms with Crippen LogP contribution in [0.4, 0.5) is 0 Å². The Kier molecular flexibility index (Phi) is 46.5. The smallest absolute Gasteiger partial charge is 0.306 e. The highest BCUT2D eigenvalue weighted by molar-refractivity contribution is 5.70. The van der Waals surface area contributed by atoms with Crippen molar-refractivity contribution in [3.05, 3.63) is 72.9 Å². The molecule has 5 heteroatoms. The lowest BCUT2D eigenvalue weighted by atomic mass is 10.1. The number of hydrogen-bond acceptors (Lipinski definition) is 5. The highest BCUT2D eigenvalue weighted by Gasteiger charge is 2.17. The fourth-order valence-corrected chi connectivity index (χ4v) is 6.53. The fraction of sp³-hybridized carbons (Fsp3) is 0.736. The monoisotopic (exact) mass is 809 g/mol. The van der Waals surface area contributed by atoms with Crippen LogP contribution < -0.4 is 0 Å². The Labute approximate surface area is 359 Å². The molecule has 0 fully saturated rings. The van der Waals surface area contributed by atoms with Crippen molar-refractivity contribution in [2.24, 2.45) is 0 Å². The van der Waals surface area contributed by atoms with Crippen molar-refractivity contribution in [1.29, 1.82) is 0 Å². The summed E-state index contributed by atoms with van der Waals surface area (Å²) in [4.78, 5) is 25.3. The molecule has 58 heavy (non-hydrogen) atoms. The molecule has 0 amide bonds. The van der Waals surface area contributed by atoms with E-state index in [0.29, 0.717) is 19.4 Å². The van der Waals surface area contributed by atoms with Gasteiger partial charge in [-0.3, -0.25) is 9.59 Å². The molecule has 0 heterocycles. The Morgan fingerprint density at radius 2 is 0.793 bits per heavy atom. The average molecular weight is 809 g/mol. The Bertz CT molecular complexity index is 1050. The van der Waals surface area contributed by atoms with E-state index in [1.807, 2.05) is 0 Å². The number of allylic oxidation sites excluding steroid dienone is 12. The SMILES string of the molecule is CC/C=C\C/C=C\C/C=C\C/C=C\CCCCCCC(=O)OCC(COCCCCCCCC/C=C\CCCCCC)OC(=O)CCCCCCC/C=C\CCCC. The van der Waals surface area contributed by atoms with Gasteiger partial charge in [-0.2, -0.15) is 0 Å². The van der Waals surface area contributed by atoms with Crippen LogP contribution in [0.5, 0.6) is 0 Å². The summed E-state index contributed by atoms with van der Waals surface area (Å²) in [7, 11) is 0. The molecule has 0 saturated heterocycles. The molecule has 0 aliphatic rings. The van der Waals surface area contributed by atoms with E-state index in [2.05, 4.69) is 93.7 Å². The van der Waals surface area contributed by atoms with Crippen molar-refractivity contribution < 1.29 is 23.8 Å². The van der Waals surface area contributed by atoms with Gasteiger partial charge in [-0.15, -0.1) is 0 Å². The molecule has 0 radical (unpaired) electrons. The van der Waals surface area contributed by atoms with E-state index >= 15 is 0 Å². The number of carbonyl (C=O) groups excluding carboxylic acids is 2. The fourth-order valence-electron chi connectivity index (χ4n) is 6.53. The quantitative estimate of drug-likeness (QED) is 0.0348. The Morgan fingerprint density at radius 1 is 0.397 bits per heavy atom. The van der Waals surface area contributed by atoms with Gasteiger partial charge in [0.25, 0.3) is 0 Å². The van der Waals surface area contributed by atoms with Crippen molar-refractivity contribution in [3.8, 4) is 0 Å². The highest BCUT2D eigenvalue weighted by atomic mass is 16.6. The zero-order chi connectivity index (χ0) is 42.1. The van der Waals surface area contributed by atoms with E-state index in [1.165, 1.54) is 96.3 Å². The average Bonchev–Trinajstić information content (AvgIpc) is 3.22. The van der Waals surface area contributed by atoms with Crippen LogP contribution >= 0.6 is 0 Å². The molecule has 0 saturated carbocycles. The largest absolute Gasteiger partial charge is 0.462 e. The summed E-state index contributed by atoms with van der Waals surface area (Å²) in [6, 6.07) is 0. The summed E-state index contributed by atoms with van der Waals surface area (Å²) in [5.74, 6) is -0.439. The van der Waals surface area contributed by atoms with Crippen LogP contribution in [0.1, 0.15) is 226 Å². The lowest BCUT2D eigenvalue weighted by Crippen LogP contribution is -2.30. The molecule has 0 aromatic heterocycles. The molecule has 5 nitrogen and oxygen atoms in total. The first-order valence-electron chi connectivity index (χ1n) is 24.5. The predicted octanol–water partition coefficient (Wildman–Crippen LogP) is 16.3. The molecule has 0 N–H and O–H groups in total. The van der Waals surface area contributed by atoms with Gasteiger partial charge >= 0.3 is 11.9 Å². The molecule has 0 bridgehead atoms. The van der Waals surface area contributed by atoms with E-state index in [-0.39, 0.29) is 25.2 Å². The number of hydrogen-bond donors (Lipinski definition) is 0. The summed E-state index contributed by atoms with van der Waals surface area (Å²) in [6.07, 6.45) is 61.9. The summed E-state index contributed by atoms with van der Waals surface area (Å²) in [5, 5.41) is 0. The van der Waals surface area contributed by atoms with Gasteiger partial charge in [0.15, 0.2) is 6.10 Å². The zero-order valence-electron chi connectivity index (χ0n) is 38.3. The third kappa shape index (κ3) is 46.0. The first-order chi connectivity index (χ1) is 28.6. The standard InChI is InChI=1S/C53H92O5/c1-4-7-10-13-16-19-22-24-26-27-28-29-32-34-37-40-43-46-52(54)57-50-51(58-53(55)47-44-41-38-35-31-21-18-15-12-9-6-3)49-56-48-45-42-39-36-33-30-25-23-20-17-14-11-8-5-2/h7,10,15-16,18-20,23-24,26,28-29,51H,4-6,8-9,11-14,17,21-22,25,27,30-50H2,1-3H3/b10-7-,18-15-,19-16-,23-20-,26-24-,29-28-. The number of ether oxygens (including phenoxy) is 3. The third-order valence-corrected chi connectivity index (χ3v) is 10.2. The Hall–Kier alpha value is -2.66. The molecule has 334 valence electrons. The first kappa shape index (κ1) is 55.3. The molecule has 0 aromatic carbocycles. The van der Waals surface area contributed by atoms with Gasteiger partial charge < -0.3 is 14.2 Å². The second kappa shape index (κ2) is 48.7. The van der Waals surface area contributed by atoms with E-state index in [0.717, 1.165) is 96.3 Å². The summed E-state index contributed by atoms with van der Waals surface area (Å²) in [6.45, 7) is 7.62. The van der Waals surface area contributed by atoms with Gasteiger partial charge in [-0.1, -0.05) is 184 Å². The maximum Gasteiger partial charge on any atom is 0.306 e. The topological polar surface area (TPSA) is 61.8 Å². The van der Waals surface area contributed by atoms with Gasteiger partial charge in [-0.05, 0) is 103 Å². The number of carbonyl (C=O) groups is 2. The van der Waals surface area contributed by atoms with Gasteiger partial charge in [0.1, 0.15) is 6.61 Å². The minimum Gasteiger partial charge on any atom is -0.462 e. The number of esters is 2. The minimum absolute atomic E-state index is 0.0648. The molecule has 0 spiro atoms. The van der Waals surface area contributed by atoms with Crippen molar-refractivity contribution in [1.82, 2.24) is 0 Å². The maximum atomic E-state index is 12.7. The van der Waals surface area contributed by atoms with Gasteiger partial charge in [0.2, 0.25) is 0 Å². The minimum atomic E-state index is -0.554. The van der Waals surface area contributed by atoms with Crippen LogP contribution in [-0.2, 0) is 23.8 Å². The van der Waals surface area contributed by atoms with Crippen molar-refractivity contribution in [2.45, 2.75) is 232 Å². The lowest BCUT2D eigenvalue weighted by molar-refractivity contribution is -0.163. The summed E-state index contributed by atoms with van der Waals surface area (Å²) in [5.41, 5.74) is 0. The van der Waals surface area contributed by atoms with E-state index < -0.39 is 6.10 Å². The van der Waals surface area contributed by atoms with Crippen molar-refractivity contribution >= 4 is 11.9 Å². The van der Waals surface area contributed by atoms with Crippen molar-refractivity contribution in [2.75, 3.05) is 19.8 Å². The van der Waals surface area contributed by atoms with Crippen LogP contribution in [0.25, 0.3) is 0 Å². The van der Waals surface area contributed by atoms with E-state index in [1.54, 1.807) is 0 Å². The predicted molar refractivity (Wildman–Crippen MR) is 251 cm³/mol. The molecule has 0 rings (SSSR count). The zero-order valence-corrected chi connectivity index (χ0v) is 38.3. The molecular weight excluding hydrogens is 717 g/mol. The Morgan fingerprint density at radius 3 is 1.31 bits per heavy atom. The second-order valence-electron chi connectivity index (χ2n) is 16.0. The summed E-state index contributed by atoms with van der Waals surface area (Å²) >= 11 is 0. The highest BCUT2D eigenvalue weighted by Crippen LogP contribution is 2.13. The lowest BCUT2D eigenvalue weighted by Gasteiger charge is -2.18. The molecule has 0 aliphatic carbocycles. The van der Waals surface area contributed by atoms with Crippen molar-refractivity contribution in [3.63, 3.8) is 0 Å². The summed E-state index contributed by atoms with van der Waals surface area (Å²) < 4.78 is 17.3. The number of rotatable bonds is 44. The van der Waals surface area contributed by atoms with E-state index in [4.69, 9.17) is 14.2 Å². The number of unbranched alkanes of at least 4 members (excludes halogenated alkanes) is 21. The maximum absolute atomic E-state index is 12.7. The van der Waals surface area contributed by atoms with Crippen LogP contribution in [0.15, 0.2) is 72.9 Å². The Balaban J connectivity index is 4.31. The first-order valence-corrected chi connectivity index (χ1v) is 24.5. The normalized spacial score (nSPS) is 12.8. The molecule has 0 aromatic rings.